The van der Waals surface area contributed by atoms with E-state index < -0.39 is 0 Å². The molecule has 1 aromatic heterocycles. The smallest absolute Gasteiger partial charge is 0.251 e. The number of carbonyl (C=O) groups is 2. The maximum Gasteiger partial charge on any atom is 0.251 e. The molecule has 32 heavy (non-hydrogen) atoms. The van der Waals surface area contributed by atoms with Crippen molar-refractivity contribution in [1.29, 1.82) is 0 Å². The third-order valence-corrected chi connectivity index (χ3v) is 6.32. The molecule has 1 heterocycles. The van der Waals surface area contributed by atoms with Gasteiger partial charge < -0.3 is 15.2 Å². The van der Waals surface area contributed by atoms with Crippen molar-refractivity contribution >= 4 is 45.2 Å². The highest BCUT2D eigenvalue weighted by Crippen LogP contribution is 2.26. The largest absolute Gasteiger partial charge is 0.345 e. The number of benzene rings is 2. The third kappa shape index (κ3) is 5.98. The monoisotopic (exact) mass is 515 g/mol. The van der Waals surface area contributed by atoms with Crippen molar-refractivity contribution < 1.29 is 9.59 Å². The van der Waals surface area contributed by atoms with Gasteiger partial charge in [0.05, 0.1) is 12.3 Å². The lowest BCUT2D eigenvalue weighted by molar-refractivity contribution is -0.113. The zero-order valence-corrected chi connectivity index (χ0v) is 20.9. The summed E-state index contributed by atoms with van der Waals surface area (Å²) in [4.78, 5) is 24.9. The molecule has 0 spiro atoms. The van der Waals surface area contributed by atoms with Crippen LogP contribution in [0, 0.1) is 20.8 Å². The molecule has 0 bridgehead atoms. The van der Waals surface area contributed by atoms with Gasteiger partial charge in [-0.25, -0.2) is 0 Å². The number of rotatable bonds is 8. The second kappa shape index (κ2) is 10.8. The number of anilines is 1. The lowest BCUT2D eigenvalue weighted by Crippen LogP contribution is -2.25. The molecular formula is C23H26BrN5O2S. The highest BCUT2D eigenvalue weighted by Gasteiger charge is 2.15. The third-order valence-electron chi connectivity index (χ3n) is 4.89. The van der Waals surface area contributed by atoms with Gasteiger partial charge in [-0.2, -0.15) is 0 Å². The van der Waals surface area contributed by atoms with Crippen LogP contribution in [0.3, 0.4) is 0 Å². The molecule has 9 heteroatoms. The average Bonchev–Trinajstić information content (AvgIpc) is 3.14. The normalized spacial score (nSPS) is 10.8. The van der Waals surface area contributed by atoms with E-state index in [1.54, 1.807) is 6.07 Å². The van der Waals surface area contributed by atoms with Crippen LogP contribution < -0.4 is 10.6 Å². The Morgan fingerprint density at radius 1 is 1.09 bits per heavy atom. The molecule has 0 saturated heterocycles. The van der Waals surface area contributed by atoms with E-state index in [-0.39, 0.29) is 24.1 Å². The molecule has 0 unspecified atom stereocenters. The Hall–Kier alpha value is -2.65. The number of thioether (sulfide) groups is 1. The topological polar surface area (TPSA) is 88.9 Å². The van der Waals surface area contributed by atoms with E-state index in [9.17, 15) is 9.59 Å². The molecule has 0 atom stereocenters. The van der Waals surface area contributed by atoms with Crippen molar-refractivity contribution in [3.63, 3.8) is 0 Å². The van der Waals surface area contributed by atoms with Crippen LogP contribution in [0.25, 0.3) is 0 Å². The second-order valence-corrected chi connectivity index (χ2v) is 9.30. The van der Waals surface area contributed by atoms with Gasteiger partial charge in [0.1, 0.15) is 0 Å². The first-order chi connectivity index (χ1) is 15.3. The highest BCUT2D eigenvalue weighted by atomic mass is 79.9. The summed E-state index contributed by atoms with van der Waals surface area (Å²) < 4.78 is 2.89. The number of halogens is 1. The predicted molar refractivity (Wildman–Crippen MR) is 131 cm³/mol. The minimum Gasteiger partial charge on any atom is -0.345 e. The fourth-order valence-electron chi connectivity index (χ4n) is 3.34. The molecular weight excluding hydrogens is 490 g/mol. The van der Waals surface area contributed by atoms with Crippen molar-refractivity contribution in [2.75, 3.05) is 11.1 Å². The minimum atomic E-state index is -0.159. The zero-order valence-electron chi connectivity index (χ0n) is 18.5. The Bertz CT molecular complexity index is 1120. The molecule has 0 radical (unpaired) electrons. The van der Waals surface area contributed by atoms with Crippen molar-refractivity contribution in [2.24, 2.45) is 0 Å². The van der Waals surface area contributed by atoms with Gasteiger partial charge in [-0.05, 0) is 63.1 Å². The van der Waals surface area contributed by atoms with Crippen molar-refractivity contribution in [2.45, 2.75) is 45.9 Å². The summed E-state index contributed by atoms with van der Waals surface area (Å²) in [5.74, 6) is 0.593. The van der Waals surface area contributed by atoms with E-state index in [4.69, 9.17) is 0 Å². The first-order valence-corrected chi connectivity index (χ1v) is 12.0. The molecule has 0 fully saturated rings. The molecule has 168 valence electrons. The Labute approximate surface area is 200 Å². The molecule has 3 rings (SSSR count). The lowest BCUT2D eigenvalue weighted by Gasteiger charge is -2.12. The number of aryl methyl sites for hydroxylation is 3. The number of hydrogen-bond donors (Lipinski definition) is 2. The summed E-state index contributed by atoms with van der Waals surface area (Å²) in [6.45, 7) is 8.75. The number of hydrogen-bond acceptors (Lipinski definition) is 5. The van der Waals surface area contributed by atoms with Gasteiger partial charge in [-0.15, -0.1) is 10.2 Å². The first kappa shape index (κ1) is 24.0. The number of amides is 2. The summed E-state index contributed by atoms with van der Waals surface area (Å²) in [6.07, 6.45) is 0. The van der Waals surface area contributed by atoms with Crippen LogP contribution in [0.15, 0.2) is 46.0 Å². The van der Waals surface area contributed by atoms with Crippen LogP contribution in [0.4, 0.5) is 5.69 Å². The Morgan fingerprint density at radius 3 is 2.47 bits per heavy atom. The van der Waals surface area contributed by atoms with Gasteiger partial charge in [0.2, 0.25) is 5.91 Å². The molecule has 0 aliphatic rings. The Kier molecular flexibility index (Phi) is 8.09. The zero-order chi connectivity index (χ0) is 23.3. The van der Waals surface area contributed by atoms with Crippen molar-refractivity contribution in [1.82, 2.24) is 20.1 Å². The van der Waals surface area contributed by atoms with Crippen molar-refractivity contribution in [3.8, 4) is 0 Å². The van der Waals surface area contributed by atoms with E-state index in [1.165, 1.54) is 11.8 Å². The van der Waals surface area contributed by atoms with Crippen LogP contribution in [0.5, 0.6) is 0 Å². The molecule has 0 aliphatic heterocycles. The number of aromatic nitrogens is 3. The second-order valence-electron chi connectivity index (χ2n) is 7.45. The summed E-state index contributed by atoms with van der Waals surface area (Å²) in [5, 5.41) is 14.9. The van der Waals surface area contributed by atoms with E-state index in [0.717, 1.165) is 26.9 Å². The van der Waals surface area contributed by atoms with E-state index in [0.29, 0.717) is 23.1 Å². The molecule has 2 aromatic carbocycles. The predicted octanol–water partition coefficient (Wildman–Crippen LogP) is 4.65. The number of carbonyl (C=O) groups excluding carboxylic acids is 2. The summed E-state index contributed by atoms with van der Waals surface area (Å²) in [6, 6.07) is 11.4. The SMILES string of the molecule is CCn1c(CNC(=O)c2cccc(C)c2)nnc1SCC(=O)Nc1c(C)cc(Br)cc1C. The molecule has 3 aromatic rings. The van der Waals surface area contributed by atoms with Gasteiger partial charge in [0.25, 0.3) is 5.91 Å². The molecule has 0 saturated carbocycles. The van der Waals surface area contributed by atoms with Gasteiger partial charge in [-0.1, -0.05) is 45.4 Å². The van der Waals surface area contributed by atoms with Crippen LogP contribution in [0.2, 0.25) is 0 Å². The van der Waals surface area contributed by atoms with Crippen molar-refractivity contribution in [3.05, 3.63) is 68.9 Å². The van der Waals surface area contributed by atoms with Crippen LogP contribution in [-0.4, -0.2) is 32.3 Å². The average molecular weight is 516 g/mol. The quantitative estimate of drug-likeness (QED) is 0.426. The fourth-order valence-corrected chi connectivity index (χ4v) is 4.84. The number of nitrogens with zero attached hydrogens (tertiary/aromatic N) is 3. The van der Waals surface area contributed by atoms with E-state index >= 15 is 0 Å². The molecule has 2 amide bonds. The van der Waals surface area contributed by atoms with Gasteiger partial charge in [-0.3, -0.25) is 9.59 Å². The van der Waals surface area contributed by atoms with E-state index in [1.807, 2.05) is 62.6 Å². The summed E-state index contributed by atoms with van der Waals surface area (Å²) in [7, 11) is 0. The first-order valence-electron chi connectivity index (χ1n) is 10.2. The Balaban J connectivity index is 1.60. The standard InChI is InChI=1S/C23H26BrN5O2S/c1-5-29-19(12-25-22(31)17-8-6-7-14(2)9-17)27-28-23(29)32-13-20(30)26-21-15(3)10-18(24)11-16(21)4/h6-11H,5,12-13H2,1-4H3,(H,25,31)(H,26,30). The van der Waals surface area contributed by atoms with Gasteiger partial charge in [0.15, 0.2) is 11.0 Å². The van der Waals surface area contributed by atoms with Gasteiger partial charge in [0, 0.05) is 22.3 Å². The van der Waals surface area contributed by atoms with Gasteiger partial charge >= 0.3 is 0 Å². The fraction of sp³-hybridized carbons (Fsp3) is 0.304. The highest BCUT2D eigenvalue weighted by molar-refractivity contribution is 9.10. The summed E-state index contributed by atoms with van der Waals surface area (Å²) in [5.41, 5.74) is 4.46. The summed E-state index contributed by atoms with van der Waals surface area (Å²) >= 11 is 4.79. The Morgan fingerprint density at radius 2 is 1.81 bits per heavy atom. The molecule has 0 aliphatic carbocycles. The number of nitrogens with one attached hydrogen (secondary N) is 2. The maximum atomic E-state index is 12.5. The van der Waals surface area contributed by atoms with Crippen LogP contribution in [-0.2, 0) is 17.9 Å². The minimum absolute atomic E-state index is 0.108. The van der Waals surface area contributed by atoms with Crippen LogP contribution >= 0.6 is 27.7 Å². The van der Waals surface area contributed by atoms with E-state index in [2.05, 4.69) is 36.8 Å². The van der Waals surface area contributed by atoms with Crippen LogP contribution in [0.1, 0.15) is 39.8 Å². The molecule has 2 N–H and O–H groups in total. The lowest BCUT2D eigenvalue weighted by atomic mass is 10.1. The molecule has 7 nitrogen and oxygen atoms in total. The maximum absolute atomic E-state index is 12.5.